The summed E-state index contributed by atoms with van der Waals surface area (Å²) in [6.07, 6.45) is 5.11. The summed E-state index contributed by atoms with van der Waals surface area (Å²) in [7, 11) is 0. The Labute approximate surface area is 98.3 Å². The van der Waals surface area contributed by atoms with Gasteiger partial charge in [-0.1, -0.05) is 24.9 Å². The van der Waals surface area contributed by atoms with E-state index in [0.717, 1.165) is 18.5 Å². The van der Waals surface area contributed by atoms with Gasteiger partial charge in [0.1, 0.15) is 11.3 Å². The molecule has 0 saturated heterocycles. The van der Waals surface area contributed by atoms with Crippen LogP contribution in [0, 0.1) is 0 Å². The fourth-order valence-electron chi connectivity index (χ4n) is 1.39. The van der Waals surface area contributed by atoms with Crippen LogP contribution in [-0.2, 0) is 6.42 Å². The second kappa shape index (κ2) is 4.49. The highest BCUT2D eigenvalue weighted by atomic mass is 35.5. The fraction of sp³-hybridized carbons (Fsp3) is 0.300. The number of hydrogen-bond donors (Lipinski definition) is 1. The second-order valence-corrected chi connectivity index (χ2v) is 3.83. The quantitative estimate of drug-likeness (QED) is 0.885. The zero-order chi connectivity index (χ0) is 11.5. The largest absolute Gasteiger partial charge is 0.381 e. The molecule has 16 heavy (non-hydrogen) atoms. The summed E-state index contributed by atoms with van der Waals surface area (Å²) in [6.45, 7) is 2.10. The molecule has 0 radical (unpaired) electrons. The maximum Gasteiger partial charge on any atom is 0.164 e. The van der Waals surface area contributed by atoms with Crippen molar-refractivity contribution in [2.75, 3.05) is 5.73 Å². The lowest BCUT2D eigenvalue weighted by molar-refractivity contribution is 0.816. The van der Waals surface area contributed by atoms with Crippen LogP contribution < -0.4 is 5.73 Å². The van der Waals surface area contributed by atoms with Crippen LogP contribution in [0.4, 0.5) is 5.82 Å². The van der Waals surface area contributed by atoms with Crippen LogP contribution in [0.2, 0.25) is 5.02 Å². The zero-order valence-corrected chi connectivity index (χ0v) is 9.65. The topological polar surface area (TPSA) is 69.6 Å². The number of aromatic nitrogens is 4. The number of hydrogen-bond acceptors (Lipinski definition) is 4. The second-order valence-electron chi connectivity index (χ2n) is 3.42. The first-order valence-electron chi connectivity index (χ1n) is 5.02. The van der Waals surface area contributed by atoms with Gasteiger partial charge in [-0.15, -0.1) is 5.10 Å². The van der Waals surface area contributed by atoms with Gasteiger partial charge in [-0.3, -0.25) is 0 Å². The Morgan fingerprint density at radius 1 is 1.44 bits per heavy atom. The third-order valence-electron chi connectivity index (χ3n) is 2.15. The molecule has 0 unspecified atom stereocenters. The maximum atomic E-state index is 5.83. The molecule has 5 nitrogen and oxygen atoms in total. The van der Waals surface area contributed by atoms with Crippen molar-refractivity contribution in [2.24, 2.45) is 0 Å². The van der Waals surface area contributed by atoms with Crippen LogP contribution in [0.1, 0.15) is 19.0 Å². The summed E-state index contributed by atoms with van der Waals surface area (Å²) in [5.74, 6) is 0.981. The third kappa shape index (κ3) is 2.14. The molecule has 6 heteroatoms. The van der Waals surface area contributed by atoms with Crippen molar-refractivity contribution in [3.8, 4) is 5.82 Å². The van der Waals surface area contributed by atoms with Gasteiger partial charge in [0.25, 0.3) is 0 Å². The van der Waals surface area contributed by atoms with Gasteiger partial charge in [0, 0.05) is 11.8 Å². The summed E-state index contributed by atoms with van der Waals surface area (Å²) in [4.78, 5) is 8.29. The molecular formula is C10H12ClN5. The Morgan fingerprint density at radius 3 is 2.88 bits per heavy atom. The number of anilines is 1. The van der Waals surface area contributed by atoms with E-state index >= 15 is 0 Å². The van der Waals surface area contributed by atoms with Crippen LogP contribution in [0.3, 0.4) is 0 Å². The Hall–Kier alpha value is -1.62. The first-order chi connectivity index (χ1) is 7.70. The Balaban J connectivity index is 2.36. The smallest absolute Gasteiger partial charge is 0.164 e. The van der Waals surface area contributed by atoms with Gasteiger partial charge in [0.05, 0.1) is 6.20 Å². The number of aryl methyl sites for hydroxylation is 1. The average Bonchev–Trinajstić information content (AvgIpc) is 2.60. The van der Waals surface area contributed by atoms with E-state index in [1.807, 2.05) is 6.07 Å². The van der Waals surface area contributed by atoms with Crippen LogP contribution in [0.25, 0.3) is 5.82 Å². The van der Waals surface area contributed by atoms with Gasteiger partial charge in [-0.25, -0.2) is 14.6 Å². The monoisotopic (exact) mass is 237 g/mol. The highest BCUT2D eigenvalue weighted by Gasteiger charge is 2.06. The number of nitrogen functional groups attached to an aromatic ring is 1. The van der Waals surface area contributed by atoms with E-state index in [4.69, 9.17) is 17.3 Å². The van der Waals surface area contributed by atoms with Gasteiger partial charge < -0.3 is 5.73 Å². The predicted octanol–water partition coefficient (Wildman–Crippen LogP) is 1.85. The van der Waals surface area contributed by atoms with Crippen LogP contribution >= 0.6 is 11.6 Å². The third-order valence-corrected chi connectivity index (χ3v) is 2.44. The van der Waals surface area contributed by atoms with Crippen molar-refractivity contribution < 1.29 is 0 Å². The van der Waals surface area contributed by atoms with E-state index in [2.05, 4.69) is 22.0 Å². The van der Waals surface area contributed by atoms with Gasteiger partial charge in [-0.05, 0) is 6.42 Å². The molecule has 0 saturated carbocycles. The maximum absolute atomic E-state index is 5.83. The molecule has 0 aliphatic heterocycles. The molecule has 0 aromatic carbocycles. The Kier molecular flexibility index (Phi) is 3.05. The van der Waals surface area contributed by atoms with Crippen LogP contribution in [0.5, 0.6) is 0 Å². The summed E-state index contributed by atoms with van der Waals surface area (Å²) in [5, 5.41) is 4.48. The van der Waals surface area contributed by atoms with Crippen LogP contribution in [0.15, 0.2) is 18.6 Å². The minimum atomic E-state index is 0.303. The number of nitrogens with two attached hydrogens (primary N) is 1. The molecule has 2 N–H and O–H groups in total. The molecule has 0 bridgehead atoms. The summed E-state index contributed by atoms with van der Waals surface area (Å²) >= 11 is 5.83. The minimum Gasteiger partial charge on any atom is -0.381 e. The Bertz CT molecular complexity index is 474. The normalized spacial score (nSPS) is 10.6. The van der Waals surface area contributed by atoms with Crippen molar-refractivity contribution >= 4 is 17.4 Å². The molecule has 0 aliphatic carbocycles. The SMILES string of the molecule is CCCc1cc(-n2cc(Cl)c(N)n2)ncn1. The van der Waals surface area contributed by atoms with E-state index in [-0.39, 0.29) is 0 Å². The number of rotatable bonds is 3. The van der Waals surface area contributed by atoms with Crippen molar-refractivity contribution in [1.29, 1.82) is 0 Å². The summed E-state index contributed by atoms with van der Waals surface area (Å²) in [5.41, 5.74) is 6.55. The predicted molar refractivity (Wildman–Crippen MR) is 62.6 cm³/mol. The first kappa shape index (κ1) is 10.9. The zero-order valence-electron chi connectivity index (χ0n) is 8.89. The molecule has 84 valence electrons. The van der Waals surface area contributed by atoms with Gasteiger partial charge in [0.2, 0.25) is 0 Å². The molecule has 2 heterocycles. The molecular weight excluding hydrogens is 226 g/mol. The standard InChI is InChI=1S/C10H12ClN5/c1-2-3-7-4-9(14-6-13-7)16-5-8(11)10(12)15-16/h4-6H,2-3H2,1H3,(H2,12,15). The lowest BCUT2D eigenvalue weighted by atomic mass is 10.2. The molecule has 0 spiro atoms. The molecule has 0 amide bonds. The highest BCUT2D eigenvalue weighted by molar-refractivity contribution is 6.32. The highest BCUT2D eigenvalue weighted by Crippen LogP contribution is 2.17. The molecule has 2 aromatic heterocycles. The molecule has 2 aromatic rings. The van der Waals surface area contributed by atoms with Crippen molar-refractivity contribution in [3.05, 3.63) is 29.3 Å². The van der Waals surface area contributed by atoms with Crippen LogP contribution in [-0.4, -0.2) is 19.7 Å². The van der Waals surface area contributed by atoms with Crippen molar-refractivity contribution in [1.82, 2.24) is 19.7 Å². The van der Waals surface area contributed by atoms with E-state index in [1.165, 1.54) is 6.33 Å². The van der Waals surface area contributed by atoms with E-state index < -0.39 is 0 Å². The molecule has 0 fully saturated rings. The lowest BCUT2D eigenvalue weighted by Crippen LogP contribution is -2.01. The summed E-state index contributed by atoms with van der Waals surface area (Å²) < 4.78 is 1.55. The molecule has 0 aliphatic rings. The van der Waals surface area contributed by atoms with E-state index in [1.54, 1.807) is 10.9 Å². The Morgan fingerprint density at radius 2 is 2.25 bits per heavy atom. The summed E-state index contributed by atoms with van der Waals surface area (Å²) in [6, 6.07) is 1.88. The first-order valence-corrected chi connectivity index (χ1v) is 5.40. The van der Waals surface area contributed by atoms with Gasteiger partial charge in [0.15, 0.2) is 11.6 Å². The van der Waals surface area contributed by atoms with Gasteiger partial charge >= 0.3 is 0 Å². The van der Waals surface area contributed by atoms with Gasteiger partial charge in [-0.2, -0.15) is 0 Å². The minimum absolute atomic E-state index is 0.303. The fourth-order valence-corrected chi connectivity index (χ4v) is 1.52. The average molecular weight is 238 g/mol. The number of nitrogens with zero attached hydrogens (tertiary/aromatic N) is 4. The van der Waals surface area contributed by atoms with Crippen molar-refractivity contribution in [3.63, 3.8) is 0 Å². The molecule has 0 atom stereocenters. The van der Waals surface area contributed by atoms with E-state index in [9.17, 15) is 0 Å². The number of halogens is 1. The lowest BCUT2D eigenvalue weighted by Gasteiger charge is -2.01. The van der Waals surface area contributed by atoms with Crippen molar-refractivity contribution in [2.45, 2.75) is 19.8 Å². The van der Waals surface area contributed by atoms with E-state index in [0.29, 0.717) is 16.7 Å². The molecule has 2 rings (SSSR count).